The van der Waals surface area contributed by atoms with Gasteiger partial charge in [-0.1, -0.05) is 18.2 Å². The Bertz CT molecular complexity index is 402. The fourth-order valence-electron chi connectivity index (χ4n) is 1.75. The molecule has 0 radical (unpaired) electrons. The van der Waals surface area contributed by atoms with Gasteiger partial charge in [0.25, 0.3) is 0 Å². The van der Waals surface area contributed by atoms with Crippen molar-refractivity contribution < 1.29 is 9.47 Å². The molecule has 0 aliphatic heterocycles. The van der Waals surface area contributed by atoms with E-state index in [9.17, 15) is 0 Å². The first-order chi connectivity index (χ1) is 10.3. The molecule has 6 heteroatoms. The number of aliphatic imine (C=N–C) groups is 1. The minimum atomic E-state index is 0. The lowest BCUT2D eigenvalue weighted by Crippen LogP contribution is -2.41. The Morgan fingerprint density at radius 2 is 1.91 bits per heavy atom. The summed E-state index contributed by atoms with van der Waals surface area (Å²) in [4.78, 5) is 6.60. The molecule has 126 valence electrons. The van der Waals surface area contributed by atoms with E-state index in [0.29, 0.717) is 19.8 Å². The molecule has 0 unspecified atom stereocenters. The van der Waals surface area contributed by atoms with Crippen LogP contribution in [0.5, 0.6) is 5.75 Å². The average Bonchev–Trinajstić information content (AvgIpc) is 2.51. The van der Waals surface area contributed by atoms with E-state index in [1.165, 1.54) is 0 Å². The Morgan fingerprint density at radius 1 is 1.18 bits per heavy atom. The van der Waals surface area contributed by atoms with E-state index in [1.54, 1.807) is 0 Å². The van der Waals surface area contributed by atoms with Crippen LogP contribution in [0, 0.1) is 0 Å². The Balaban J connectivity index is 0.00000441. The Kier molecular flexibility index (Phi) is 13.0. The normalized spacial score (nSPS) is 10.8. The van der Waals surface area contributed by atoms with Crippen molar-refractivity contribution in [3.05, 3.63) is 30.3 Å². The van der Waals surface area contributed by atoms with Gasteiger partial charge in [-0.05, 0) is 26.0 Å². The number of hydrogen-bond acceptors (Lipinski definition) is 3. The molecule has 0 aliphatic carbocycles. The third kappa shape index (κ3) is 9.09. The minimum Gasteiger partial charge on any atom is -0.492 e. The van der Waals surface area contributed by atoms with Gasteiger partial charge >= 0.3 is 0 Å². The molecular formula is C16H28IN3O2. The van der Waals surface area contributed by atoms with Crippen LogP contribution < -0.4 is 10.1 Å². The molecule has 1 rings (SSSR count). The van der Waals surface area contributed by atoms with Crippen molar-refractivity contribution in [2.24, 2.45) is 4.99 Å². The summed E-state index contributed by atoms with van der Waals surface area (Å²) in [5, 5.41) is 3.27. The van der Waals surface area contributed by atoms with Crippen molar-refractivity contribution in [2.45, 2.75) is 13.8 Å². The highest BCUT2D eigenvalue weighted by atomic mass is 127. The summed E-state index contributed by atoms with van der Waals surface area (Å²) in [5.41, 5.74) is 0. The van der Waals surface area contributed by atoms with Crippen molar-refractivity contribution in [1.29, 1.82) is 0 Å². The molecular weight excluding hydrogens is 393 g/mol. The zero-order valence-electron chi connectivity index (χ0n) is 13.7. The van der Waals surface area contributed by atoms with Crippen LogP contribution in [0.1, 0.15) is 13.8 Å². The van der Waals surface area contributed by atoms with Gasteiger partial charge < -0.3 is 19.7 Å². The number of ether oxygens (including phenoxy) is 2. The van der Waals surface area contributed by atoms with Gasteiger partial charge in [-0.15, -0.1) is 24.0 Å². The monoisotopic (exact) mass is 421 g/mol. The third-order valence-corrected chi connectivity index (χ3v) is 2.84. The lowest BCUT2D eigenvalue weighted by molar-refractivity contribution is 0.155. The number of para-hydroxylation sites is 1. The largest absolute Gasteiger partial charge is 0.492 e. The molecule has 1 aromatic rings. The molecule has 0 atom stereocenters. The van der Waals surface area contributed by atoms with Crippen LogP contribution in [-0.2, 0) is 4.74 Å². The Hall–Kier alpha value is -1.02. The fourth-order valence-corrected chi connectivity index (χ4v) is 1.75. The SMILES string of the molecule is CCNC(=NCCOCC)N(C)CCOc1ccccc1.I. The van der Waals surface area contributed by atoms with Crippen molar-refractivity contribution in [3.8, 4) is 5.75 Å². The highest BCUT2D eigenvalue weighted by Gasteiger charge is 2.05. The van der Waals surface area contributed by atoms with Gasteiger partial charge in [-0.25, -0.2) is 0 Å². The minimum absolute atomic E-state index is 0. The lowest BCUT2D eigenvalue weighted by atomic mass is 10.3. The fraction of sp³-hybridized carbons (Fsp3) is 0.562. The first-order valence-electron chi connectivity index (χ1n) is 7.53. The molecule has 1 N–H and O–H groups in total. The van der Waals surface area contributed by atoms with Gasteiger partial charge in [0, 0.05) is 20.2 Å². The number of hydrogen-bond donors (Lipinski definition) is 1. The second kappa shape index (κ2) is 13.6. The van der Waals surface area contributed by atoms with Crippen molar-refractivity contribution in [2.75, 3.05) is 46.5 Å². The third-order valence-electron chi connectivity index (χ3n) is 2.84. The summed E-state index contributed by atoms with van der Waals surface area (Å²) in [5.74, 6) is 1.78. The molecule has 0 amide bonds. The molecule has 0 saturated carbocycles. The van der Waals surface area contributed by atoms with Crippen molar-refractivity contribution >= 4 is 29.9 Å². The molecule has 5 nitrogen and oxygen atoms in total. The number of nitrogens with one attached hydrogen (secondary N) is 1. The maximum atomic E-state index is 5.70. The van der Waals surface area contributed by atoms with Crippen LogP contribution in [0.15, 0.2) is 35.3 Å². The molecule has 22 heavy (non-hydrogen) atoms. The van der Waals surface area contributed by atoms with Crippen LogP contribution in [0.4, 0.5) is 0 Å². The standard InChI is InChI=1S/C16H27N3O2.HI/c1-4-17-16(18-11-13-20-5-2)19(3)12-14-21-15-9-7-6-8-10-15;/h6-10H,4-5,11-14H2,1-3H3,(H,17,18);1H. The summed E-state index contributed by atoms with van der Waals surface area (Å²) < 4.78 is 11.0. The Morgan fingerprint density at radius 3 is 2.55 bits per heavy atom. The highest BCUT2D eigenvalue weighted by Crippen LogP contribution is 2.07. The first kappa shape index (κ1) is 21.0. The van der Waals surface area contributed by atoms with Crippen LogP contribution >= 0.6 is 24.0 Å². The van der Waals surface area contributed by atoms with E-state index in [2.05, 4.69) is 22.1 Å². The van der Waals surface area contributed by atoms with E-state index in [0.717, 1.165) is 31.4 Å². The van der Waals surface area contributed by atoms with Crippen LogP contribution in [-0.4, -0.2) is 57.4 Å². The smallest absolute Gasteiger partial charge is 0.193 e. The van der Waals surface area contributed by atoms with E-state index in [1.807, 2.05) is 44.3 Å². The Labute approximate surface area is 151 Å². The predicted molar refractivity (Wildman–Crippen MR) is 102 cm³/mol. The number of rotatable bonds is 9. The summed E-state index contributed by atoms with van der Waals surface area (Å²) in [6, 6.07) is 9.84. The van der Waals surface area contributed by atoms with Crippen LogP contribution in [0.3, 0.4) is 0 Å². The van der Waals surface area contributed by atoms with E-state index in [-0.39, 0.29) is 24.0 Å². The maximum Gasteiger partial charge on any atom is 0.193 e. The molecule has 0 spiro atoms. The predicted octanol–water partition coefficient (Wildman–Crippen LogP) is 2.62. The second-order valence-electron chi connectivity index (χ2n) is 4.52. The number of nitrogens with zero attached hydrogens (tertiary/aromatic N) is 2. The van der Waals surface area contributed by atoms with E-state index < -0.39 is 0 Å². The second-order valence-corrected chi connectivity index (χ2v) is 4.52. The molecule has 1 aromatic carbocycles. The summed E-state index contributed by atoms with van der Waals surface area (Å²) in [6.07, 6.45) is 0. The topological polar surface area (TPSA) is 46.1 Å². The van der Waals surface area contributed by atoms with Crippen LogP contribution in [0.25, 0.3) is 0 Å². The van der Waals surface area contributed by atoms with Crippen LogP contribution in [0.2, 0.25) is 0 Å². The maximum absolute atomic E-state index is 5.70. The molecule has 0 aliphatic rings. The van der Waals surface area contributed by atoms with E-state index in [4.69, 9.17) is 9.47 Å². The average molecular weight is 421 g/mol. The number of benzene rings is 1. The van der Waals surface area contributed by atoms with Gasteiger partial charge in [0.1, 0.15) is 12.4 Å². The molecule has 0 saturated heterocycles. The molecule has 0 fully saturated rings. The van der Waals surface area contributed by atoms with Gasteiger partial charge in [0.2, 0.25) is 0 Å². The van der Waals surface area contributed by atoms with Crippen molar-refractivity contribution in [3.63, 3.8) is 0 Å². The van der Waals surface area contributed by atoms with Gasteiger partial charge in [-0.2, -0.15) is 0 Å². The molecule has 0 bridgehead atoms. The highest BCUT2D eigenvalue weighted by molar-refractivity contribution is 14.0. The number of likely N-dealkylation sites (N-methyl/N-ethyl adjacent to an activating group) is 1. The van der Waals surface area contributed by atoms with Gasteiger partial charge in [0.05, 0.1) is 19.7 Å². The van der Waals surface area contributed by atoms with E-state index >= 15 is 0 Å². The lowest BCUT2D eigenvalue weighted by Gasteiger charge is -2.22. The molecule has 0 aromatic heterocycles. The number of halogens is 1. The zero-order chi connectivity index (χ0) is 15.3. The van der Waals surface area contributed by atoms with Crippen molar-refractivity contribution in [1.82, 2.24) is 10.2 Å². The quantitative estimate of drug-likeness (QED) is 0.288. The van der Waals surface area contributed by atoms with Gasteiger partial charge in [0.15, 0.2) is 5.96 Å². The van der Waals surface area contributed by atoms with Gasteiger partial charge in [-0.3, -0.25) is 4.99 Å². The molecule has 0 heterocycles. The summed E-state index contributed by atoms with van der Waals surface area (Å²) in [7, 11) is 2.01. The first-order valence-corrected chi connectivity index (χ1v) is 7.53. The summed E-state index contributed by atoms with van der Waals surface area (Å²) in [6.45, 7) is 8.34. The number of guanidine groups is 1. The summed E-state index contributed by atoms with van der Waals surface area (Å²) >= 11 is 0. The zero-order valence-corrected chi connectivity index (χ0v) is 16.1.